The van der Waals surface area contributed by atoms with Gasteiger partial charge in [-0.25, -0.2) is 0 Å². The zero-order chi connectivity index (χ0) is 9.19. The first kappa shape index (κ1) is 10.0. The van der Waals surface area contributed by atoms with Crippen molar-refractivity contribution in [3.05, 3.63) is 0 Å². The molecule has 0 aliphatic carbocycles. The van der Waals surface area contributed by atoms with Crippen molar-refractivity contribution in [1.29, 1.82) is 0 Å². The number of hydrogen-bond donors (Lipinski definition) is 1. The van der Waals surface area contributed by atoms with Gasteiger partial charge in [-0.3, -0.25) is 4.90 Å². The van der Waals surface area contributed by atoms with Gasteiger partial charge in [0.2, 0.25) is 0 Å². The van der Waals surface area contributed by atoms with Gasteiger partial charge in [-0.15, -0.1) is 0 Å². The Kier molecular flexibility index (Phi) is 3.13. The standard InChI is InChI=1S/C10H22N2/c1-5-6-12-7-9(2)11-8-10(12,3)4/h9,11H,5-8H2,1-4H3. The third kappa shape index (κ3) is 2.20. The van der Waals surface area contributed by atoms with E-state index in [4.69, 9.17) is 0 Å². The van der Waals surface area contributed by atoms with Crippen molar-refractivity contribution >= 4 is 0 Å². The Morgan fingerprint density at radius 2 is 2.17 bits per heavy atom. The van der Waals surface area contributed by atoms with Crippen LogP contribution in [-0.2, 0) is 0 Å². The summed E-state index contributed by atoms with van der Waals surface area (Å²) in [6.45, 7) is 12.7. The molecule has 1 aliphatic rings. The molecule has 0 spiro atoms. The van der Waals surface area contributed by atoms with E-state index in [2.05, 4.69) is 37.9 Å². The van der Waals surface area contributed by atoms with E-state index < -0.39 is 0 Å². The van der Waals surface area contributed by atoms with Crippen molar-refractivity contribution in [3.8, 4) is 0 Å². The Labute approximate surface area is 76.3 Å². The monoisotopic (exact) mass is 170 g/mol. The summed E-state index contributed by atoms with van der Waals surface area (Å²) in [4.78, 5) is 2.59. The second kappa shape index (κ2) is 3.75. The Hall–Kier alpha value is -0.0800. The number of piperazine rings is 1. The van der Waals surface area contributed by atoms with Crippen LogP contribution >= 0.6 is 0 Å². The minimum atomic E-state index is 0.350. The first-order valence-electron chi connectivity index (χ1n) is 5.04. The fourth-order valence-corrected chi connectivity index (χ4v) is 1.84. The second-order valence-electron chi connectivity index (χ2n) is 4.54. The molecular formula is C10H22N2. The summed E-state index contributed by atoms with van der Waals surface area (Å²) in [6.07, 6.45) is 1.26. The lowest BCUT2D eigenvalue weighted by Gasteiger charge is -2.45. The third-order valence-corrected chi connectivity index (χ3v) is 2.73. The van der Waals surface area contributed by atoms with Crippen molar-refractivity contribution in [1.82, 2.24) is 10.2 Å². The van der Waals surface area contributed by atoms with Gasteiger partial charge in [-0.05, 0) is 33.7 Å². The van der Waals surface area contributed by atoms with Gasteiger partial charge >= 0.3 is 0 Å². The van der Waals surface area contributed by atoms with E-state index in [1.165, 1.54) is 19.5 Å². The molecule has 1 rings (SSSR count). The summed E-state index contributed by atoms with van der Waals surface area (Å²) >= 11 is 0. The van der Waals surface area contributed by atoms with Gasteiger partial charge in [0.05, 0.1) is 0 Å². The van der Waals surface area contributed by atoms with Gasteiger partial charge in [-0.1, -0.05) is 6.92 Å². The van der Waals surface area contributed by atoms with Crippen LogP contribution in [0.15, 0.2) is 0 Å². The van der Waals surface area contributed by atoms with Crippen LogP contribution in [0.25, 0.3) is 0 Å². The van der Waals surface area contributed by atoms with Crippen LogP contribution in [0.1, 0.15) is 34.1 Å². The highest BCUT2D eigenvalue weighted by atomic mass is 15.3. The minimum absolute atomic E-state index is 0.350. The molecule has 2 heteroatoms. The van der Waals surface area contributed by atoms with Crippen LogP contribution in [0.5, 0.6) is 0 Å². The average Bonchev–Trinajstić information content (AvgIpc) is 1.98. The smallest absolute Gasteiger partial charge is 0.0278 e. The van der Waals surface area contributed by atoms with Crippen LogP contribution in [-0.4, -0.2) is 36.1 Å². The van der Waals surface area contributed by atoms with Gasteiger partial charge < -0.3 is 5.32 Å². The number of nitrogens with one attached hydrogen (secondary N) is 1. The van der Waals surface area contributed by atoms with Crippen molar-refractivity contribution in [2.24, 2.45) is 0 Å². The highest BCUT2D eigenvalue weighted by Gasteiger charge is 2.31. The Bertz CT molecular complexity index is 143. The minimum Gasteiger partial charge on any atom is -0.311 e. The van der Waals surface area contributed by atoms with Crippen LogP contribution < -0.4 is 5.32 Å². The van der Waals surface area contributed by atoms with Gasteiger partial charge in [0.1, 0.15) is 0 Å². The molecule has 0 aromatic heterocycles. The molecule has 1 unspecified atom stereocenters. The maximum absolute atomic E-state index is 3.52. The summed E-state index contributed by atoms with van der Waals surface area (Å²) in [6, 6.07) is 0.657. The highest BCUT2D eigenvalue weighted by Crippen LogP contribution is 2.18. The fourth-order valence-electron chi connectivity index (χ4n) is 1.84. The summed E-state index contributed by atoms with van der Waals surface area (Å²) in [7, 11) is 0. The zero-order valence-corrected chi connectivity index (χ0v) is 8.85. The molecule has 1 aliphatic heterocycles. The number of hydrogen-bond acceptors (Lipinski definition) is 2. The number of rotatable bonds is 2. The van der Waals surface area contributed by atoms with E-state index in [0.29, 0.717) is 11.6 Å². The summed E-state index contributed by atoms with van der Waals surface area (Å²) in [5, 5.41) is 3.52. The Balaban J connectivity index is 2.52. The maximum Gasteiger partial charge on any atom is 0.0278 e. The van der Waals surface area contributed by atoms with E-state index in [9.17, 15) is 0 Å². The van der Waals surface area contributed by atoms with Crippen molar-refractivity contribution in [2.75, 3.05) is 19.6 Å². The predicted molar refractivity (Wildman–Crippen MR) is 53.4 cm³/mol. The zero-order valence-electron chi connectivity index (χ0n) is 8.85. The topological polar surface area (TPSA) is 15.3 Å². The number of nitrogens with zero attached hydrogens (tertiary/aromatic N) is 1. The van der Waals surface area contributed by atoms with Crippen molar-refractivity contribution in [2.45, 2.75) is 45.7 Å². The second-order valence-corrected chi connectivity index (χ2v) is 4.54. The molecule has 1 N–H and O–H groups in total. The largest absolute Gasteiger partial charge is 0.311 e. The molecule has 0 aromatic rings. The van der Waals surface area contributed by atoms with Crippen LogP contribution in [0.3, 0.4) is 0 Å². The molecule has 1 atom stereocenters. The first-order valence-corrected chi connectivity index (χ1v) is 5.04. The van der Waals surface area contributed by atoms with Gasteiger partial charge in [0, 0.05) is 24.7 Å². The molecule has 0 amide bonds. The lowest BCUT2D eigenvalue weighted by atomic mass is 9.98. The first-order chi connectivity index (χ1) is 5.56. The van der Waals surface area contributed by atoms with Crippen LogP contribution in [0.4, 0.5) is 0 Å². The van der Waals surface area contributed by atoms with Crippen LogP contribution in [0, 0.1) is 0 Å². The normalized spacial score (nSPS) is 30.5. The summed E-state index contributed by atoms with van der Waals surface area (Å²) < 4.78 is 0. The SMILES string of the molecule is CCCN1CC(C)NCC1(C)C. The summed E-state index contributed by atoms with van der Waals surface area (Å²) in [5.41, 5.74) is 0.350. The lowest BCUT2D eigenvalue weighted by molar-refractivity contribution is 0.0705. The molecule has 0 aromatic carbocycles. The van der Waals surface area contributed by atoms with E-state index in [1.807, 2.05) is 0 Å². The molecule has 0 bridgehead atoms. The van der Waals surface area contributed by atoms with E-state index in [1.54, 1.807) is 0 Å². The molecule has 72 valence electrons. The van der Waals surface area contributed by atoms with Gasteiger partial charge in [0.25, 0.3) is 0 Å². The van der Waals surface area contributed by atoms with Gasteiger partial charge in [0.15, 0.2) is 0 Å². The fraction of sp³-hybridized carbons (Fsp3) is 1.00. The molecule has 0 radical (unpaired) electrons. The maximum atomic E-state index is 3.52. The van der Waals surface area contributed by atoms with Gasteiger partial charge in [-0.2, -0.15) is 0 Å². The van der Waals surface area contributed by atoms with Crippen molar-refractivity contribution in [3.63, 3.8) is 0 Å². The van der Waals surface area contributed by atoms with E-state index in [-0.39, 0.29) is 0 Å². The average molecular weight is 170 g/mol. The quantitative estimate of drug-likeness (QED) is 0.675. The molecule has 0 saturated carbocycles. The molecule has 1 saturated heterocycles. The van der Waals surface area contributed by atoms with Crippen molar-refractivity contribution < 1.29 is 0 Å². The molecule has 1 heterocycles. The lowest BCUT2D eigenvalue weighted by Crippen LogP contribution is -2.61. The summed E-state index contributed by atoms with van der Waals surface area (Å²) in [5.74, 6) is 0. The molecule has 2 nitrogen and oxygen atoms in total. The van der Waals surface area contributed by atoms with Crippen LogP contribution in [0.2, 0.25) is 0 Å². The predicted octanol–water partition coefficient (Wildman–Crippen LogP) is 1.47. The molecular weight excluding hydrogens is 148 g/mol. The highest BCUT2D eigenvalue weighted by molar-refractivity contribution is 4.90. The Morgan fingerprint density at radius 3 is 2.75 bits per heavy atom. The van der Waals surface area contributed by atoms with E-state index >= 15 is 0 Å². The molecule has 12 heavy (non-hydrogen) atoms. The van der Waals surface area contributed by atoms with E-state index in [0.717, 1.165) is 6.54 Å². The third-order valence-electron chi connectivity index (χ3n) is 2.73. The Morgan fingerprint density at radius 1 is 1.50 bits per heavy atom. The molecule has 1 fully saturated rings.